The van der Waals surface area contributed by atoms with Crippen LogP contribution in [0.1, 0.15) is 43.8 Å². The Labute approximate surface area is 163 Å². The first-order valence-corrected chi connectivity index (χ1v) is 9.72. The van der Waals surface area contributed by atoms with Crippen LogP contribution in [0, 0.1) is 0 Å². The van der Waals surface area contributed by atoms with Crippen molar-refractivity contribution in [2.45, 2.75) is 51.7 Å². The number of hydrogen-bond donors (Lipinski definition) is 0. The molecule has 0 atom stereocenters. The highest BCUT2D eigenvalue weighted by atomic mass is 16.2. The molecule has 1 amide bonds. The molecule has 4 heterocycles. The zero-order valence-electron chi connectivity index (χ0n) is 16.1. The summed E-state index contributed by atoms with van der Waals surface area (Å²) in [5, 5.41) is 12.9. The first-order chi connectivity index (χ1) is 13.7. The van der Waals surface area contributed by atoms with Crippen LogP contribution in [0.25, 0.3) is 0 Å². The van der Waals surface area contributed by atoms with Crippen LogP contribution < -0.4 is 0 Å². The van der Waals surface area contributed by atoms with E-state index in [4.69, 9.17) is 0 Å². The van der Waals surface area contributed by atoms with Crippen LogP contribution in [0.15, 0.2) is 31.4 Å². The lowest BCUT2D eigenvalue weighted by Gasteiger charge is -2.31. The largest absolute Gasteiger partial charge is 0.343 e. The SMILES string of the molecule is CCn1c(Cn2ccnc2)nnc1C1CCN(C(=O)CCn2cncn2)CC1. The van der Waals surface area contributed by atoms with Gasteiger partial charge in [0.2, 0.25) is 5.91 Å². The molecule has 0 spiro atoms. The second-order valence-corrected chi connectivity index (χ2v) is 7.02. The van der Waals surface area contributed by atoms with Gasteiger partial charge in [-0.15, -0.1) is 10.2 Å². The highest BCUT2D eigenvalue weighted by Crippen LogP contribution is 2.27. The summed E-state index contributed by atoms with van der Waals surface area (Å²) < 4.78 is 5.89. The van der Waals surface area contributed by atoms with Crippen molar-refractivity contribution in [1.82, 2.24) is 44.0 Å². The average molecular weight is 383 g/mol. The molecule has 10 heteroatoms. The van der Waals surface area contributed by atoms with Crippen molar-refractivity contribution in [3.05, 3.63) is 43.0 Å². The molecule has 0 unspecified atom stereocenters. The van der Waals surface area contributed by atoms with Gasteiger partial charge in [0, 0.05) is 44.4 Å². The number of imidazole rings is 1. The minimum absolute atomic E-state index is 0.173. The Morgan fingerprint density at radius 3 is 2.71 bits per heavy atom. The monoisotopic (exact) mass is 383 g/mol. The predicted molar refractivity (Wildman–Crippen MR) is 100 cm³/mol. The number of likely N-dealkylation sites (tertiary alicyclic amines) is 1. The quantitative estimate of drug-likeness (QED) is 0.602. The number of hydrogen-bond acceptors (Lipinski definition) is 6. The van der Waals surface area contributed by atoms with Gasteiger partial charge in [0.15, 0.2) is 5.82 Å². The minimum atomic E-state index is 0.173. The normalized spacial score (nSPS) is 15.2. The molecule has 0 aliphatic carbocycles. The summed E-state index contributed by atoms with van der Waals surface area (Å²) in [6.07, 6.45) is 10.9. The molecule has 1 saturated heterocycles. The van der Waals surface area contributed by atoms with Crippen molar-refractivity contribution in [2.24, 2.45) is 0 Å². The standard InChI is InChI=1S/C18H25N9O/c1-2-27-16(11-24-10-6-19-13-24)22-23-18(27)15-3-7-25(8-4-15)17(28)5-9-26-14-20-12-21-26/h6,10,12-15H,2-5,7-9,11H2,1H3. The summed E-state index contributed by atoms with van der Waals surface area (Å²) in [4.78, 5) is 22.4. The van der Waals surface area contributed by atoms with Crippen LogP contribution in [0.2, 0.25) is 0 Å². The maximum absolute atomic E-state index is 12.5. The molecule has 0 bridgehead atoms. The van der Waals surface area contributed by atoms with E-state index in [0.717, 1.165) is 44.1 Å². The molecule has 0 saturated carbocycles. The van der Waals surface area contributed by atoms with Crippen molar-refractivity contribution < 1.29 is 4.79 Å². The Balaban J connectivity index is 1.34. The lowest BCUT2D eigenvalue weighted by atomic mass is 9.95. The van der Waals surface area contributed by atoms with Gasteiger partial charge in [-0.25, -0.2) is 9.97 Å². The highest BCUT2D eigenvalue weighted by Gasteiger charge is 2.27. The van der Waals surface area contributed by atoms with Gasteiger partial charge in [-0.2, -0.15) is 5.10 Å². The van der Waals surface area contributed by atoms with E-state index in [1.807, 2.05) is 15.7 Å². The molecule has 1 aliphatic heterocycles. The van der Waals surface area contributed by atoms with E-state index >= 15 is 0 Å². The summed E-state index contributed by atoms with van der Waals surface area (Å²) in [5.41, 5.74) is 0. The van der Waals surface area contributed by atoms with E-state index in [-0.39, 0.29) is 5.91 Å². The third-order valence-electron chi connectivity index (χ3n) is 5.29. The Morgan fingerprint density at radius 2 is 2.04 bits per heavy atom. The van der Waals surface area contributed by atoms with Crippen LogP contribution in [-0.4, -0.2) is 63.0 Å². The maximum atomic E-state index is 12.5. The number of aromatic nitrogens is 8. The summed E-state index contributed by atoms with van der Waals surface area (Å²) in [7, 11) is 0. The molecule has 148 valence electrons. The molecule has 1 fully saturated rings. The number of piperidine rings is 1. The first-order valence-electron chi connectivity index (χ1n) is 9.72. The van der Waals surface area contributed by atoms with E-state index in [1.54, 1.807) is 23.5 Å². The second kappa shape index (κ2) is 8.32. The van der Waals surface area contributed by atoms with E-state index in [2.05, 4.69) is 36.8 Å². The van der Waals surface area contributed by atoms with Gasteiger partial charge in [0.1, 0.15) is 18.5 Å². The molecule has 1 aliphatic rings. The van der Waals surface area contributed by atoms with Gasteiger partial charge in [-0.05, 0) is 19.8 Å². The fourth-order valence-corrected chi connectivity index (χ4v) is 3.76. The molecule has 4 rings (SSSR count). The smallest absolute Gasteiger partial charge is 0.224 e. The number of rotatable bonds is 7. The molecule has 3 aromatic rings. The molecule has 0 radical (unpaired) electrons. The van der Waals surface area contributed by atoms with Crippen LogP contribution in [0.3, 0.4) is 0 Å². The van der Waals surface area contributed by atoms with Crippen molar-refractivity contribution in [1.29, 1.82) is 0 Å². The van der Waals surface area contributed by atoms with Gasteiger partial charge in [0.05, 0.1) is 19.4 Å². The third-order valence-corrected chi connectivity index (χ3v) is 5.29. The van der Waals surface area contributed by atoms with Crippen LogP contribution in [-0.2, 0) is 24.4 Å². The van der Waals surface area contributed by atoms with Crippen LogP contribution in [0.5, 0.6) is 0 Å². The predicted octanol–water partition coefficient (Wildman–Crippen LogP) is 0.931. The zero-order valence-corrected chi connectivity index (χ0v) is 16.1. The molecule has 28 heavy (non-hydrogen) atoms. The van der Waals surface area contributed by atoms with Gasteiger partial charge < -0.3 is 14.0 Å². The van der Waals surface area contributed by atoms with E-state index in [0.29, 0.717) is 25.4 Å². The fraction of sp³-hybridized carbons (Fsp3) is 0.556. The Bertz CT molecular complexity index is 876. The molecule has 10 nitrogen and oxygen atoms in total. The fourth-order valence-electron chi connectivity index (χ4n) is 3.76. The lowest BCUT2D eigenvalue weighted by Crippen LogP contribution is -2.38. The highest BCUT2D eigenvalue weighted by molar-refractivity contribution is 5.76. The first kappa shape index (κ1) is 18.3. The minimum Gasteiger partial charge on any atom is -0.343 e. The average Bonchev–Trinajstić information content (AvgIpc) is 3.48. The summed E-state index contributed by atoms with van der Waals surface area (Å²) >= 11 is 0. The van der Waals surface area contributed by atoms with Crippen LogP contribution in [0.4, 0.5) is 0 Å². The van der Waals surface area contributed by atoms with Crippen molar-refractivity contribution in [2.75, 3.05) is 13.1 Å². The number of carbonyl (C=O) groups excluding carboxylic acids is 1. The number of carbonyl (C=O) groups is 1. The van der Waals surface area contributed by atoms with Crippen molar-refractivity contribution >= 4 is 5.91 Å². The van der Waals surface area contributed by atoms with Gasteiger partial charge in [-0.3, -0.25) is 9.48 Å². The maximum Gasteiger partial charge on any atom is 0.224 e. The number of aryl methyl sites for hydroxylation is 1. The van der Waals surface area contributed by atoms with Crippen molar-refractivity contribution in [3.8, 4) is 0 Å². The summed E-state index contributed by atoms with van der Waals surface area (Å²) in [5.74, 6) is 2.49. The zero-order chi connectivity index (χ0) is 19.3. The van der Waals surface area contributed by atoms with E-state index < -0.39 is 0 Å². The Hall–Kier alpha value is -3.04. The molecule has 0 aromatic carbocycles. The Kier molecular flexibility index (Phi) is 5.45. The van der Waals surface area contributed by atoms with Gasteiger partial charge in [-0.1, -0.05) is 0 Å². The van der Waals surface area contributed by atoms with Crippen molar-refractivity contribution in [3.63, 3.8) is 0 Å². The second-order valence-electron chi connectivity index (χ2n) is 7.02. The number of nitrogens with zero attached hydrogens (tertiary/aromatic N) is 9. The van der Waals surface area contributed by atoms with E-state index in [9.17, 15) is 4.79 Å². The van der Waals surface area contributed by atoms with Gasteiger partial charge >= 0.3 is 0 Å². The van der Waals surface area contributed by atoms with Gasteiger partial charge in [0.25, 0.3) is 0 Å². The molecule has 3 aromatic heterocycles. The molecular formula is C18H25N9O. The van der Waals surface area contributed by atoms with E-state index in [1.165, 1.54) is 6.33 Å². The lowest BCUT2D eigenvalue weighted by molar-refractivity contribution is -0.132. The Morgan fingerprint density at radius 1 is 1.18 bits per heavy atom. The molecular weight excluding hydrogens is 358 g/mol. The molecule has 0 N–H and O–H groups in total. The number of amides is 1. The topological polar surface area (TPSA) is 99.6 Å². The summed E-state index contributed by atoms with van der Waals surface area (Å²) in [6, 6.07) is 0. The third kappa shape index (κ3) is 3.95. The van der Waals surface area contributed by atoms with Crippen LogP contribution >= 0.6 is 0 Å². The summed E-state index contributed by atoms with van der Waals surface area (Å²) in [6.45, 7) is 5.71.